The molecule has 0 bridgehead atoms. The van der Waals surface area contributed by atoms with Crippen molar-refractivity contribution in [1.29, 1.82) is 0 Å². The van der Waals surface area contributed by atoms with Crippen LogP contribution >= 0.6 is 0 Å². The van der Waals surface area contributed by atoms with Crippen LogP contribution in [0.1, 0.15) is 24.1 Å². The Morgan fingerprint density at radius 2 is 2.23 bits per heavy atom. The van der Waals surface area contributed by atoms with Crippen molar-refractivity contribution in [2.24, 2.45) is 0 Å². The molecule has 2 heteroatoms. The number of hydrogen-bond donors (Lipinski definition) is 2. The van der Waals surface area contributed by atoms with Gasteiger partial charge in [0.15, 0.2) is 0 Å². The van der Waals surface area contributed by atoms with Gasteiger partial charge in [-0.2, -0.15) is 0 Å². The Morgan fingerprint density at radius 1 is 1.46 bits per heavy atom. The van der Waals surface area contributed by atoms with Crippen LogP contribution in [0.4, 0.5) is 0 Å². The first-order valence-electron chi connectivity index (χ1n) is 4.76. The number of nitrogens with one attached hydrogen (secondary N) is 1. The van der Waals surface area contributed by atoms with Gasteiger partial charge in [0, 0.05) is 12.1 Å². The summed E-state index contributed by atoms with van der Waals surface area (Å²) in [7, 11) is 0. The lowest BCUT2D eigenvalue weighted by molar-refractivity contribution is 0.226. The lowest BCUT2D eigenvalue weighted by atomic mass is 9.91. The zero-order valence-corrected chi connectivity index (χ0v) is 7.83. The third-order valence-corrected chi connectivity index (χ3v) is 2.69. The summed E-state index contributed by atoms with van der Waals surface area (Å²) >= 11 is 0. The third kappa shape index (κ3) is 1.60. The van der Waals surface area contributed by atoms with Crippen molar-refractivity contribution in [3.05, 3.63) is 35.4 Å². The number of aliphatic hydroxyl groups is 1. The van der Waals surface area contributed by atoms with Crippen LogP contribution in [-0.4, -0.2) is 17.8 Å². The van der Waals surface area contributed by atoms with Crippen molar-refractivity contribution in [1.82, 2.24) is 5.32 Å². The van der Waals surface area contributed by atoms with Gasteiger partial charge in [0.05, 0.1) is 6.61 Å². The van der Waals surface area contributed by atoms with Gasteiger partial charge in [0.25, 0.3) is 0 Å². The highest BCUT2D eigenvalue weighted by Gasteiger charge is 2.21. The molecule has 2 N–H and O–H groups in total. The predicted octanol–water partition coefficient (Wildman–Crippen LogP) is 1.25. The average Bonchev–Trinajstić information content (AvgIpc) is 2.18. The normalized spacial score (nSPS) is 26.9. The quantitative estimate of drug-likeness (QED) is 0.676. The first-order chi connectivity index (χ1) is 6.31. The topological polar surface area (TPSA) is 32.3 Å². The van der Waals surface area contributed by atoms with E-state index in [0.29, 0.717) is 6.04 Å². The number of hydrogen-bond acceptors (Lipinski definition) is 2. The van der Waals surface area contributed by atoms with E-state index in [2.05, 4.69) is 36.5 Å². The fourth-order valence-corrected chi connectivity index (χ4v) is 2.03. The van der Waals surface area contributed by atoms with E-state index in [1.165, 1.54) is 11.1 Å². The minimum atomic E-state index is 0.221. The van der Waals surface area contributed by atoms with E-state index < -0.39 is 0 Å². The Morgan fingerprint density at radius 3 is 3.00 bits per heavy atom. The van der Waals surface area contributed by atoms with Crippen LogP contribution in [0.25, 0.3) is 0 Å². The van der Waals surface area contributed by atoms with Gasteiger partial charge in [0.1, 0.15) is 0 Å². The van der Waals surface area contributed by atoms with E-state index in [4.69, 9.17) is 5.11 Å². The molecule has 0 radical (unpaired) electrons. The van der Waals surface area contributed by atoms with Gasteiger partial charge in [-0.15, -0.1) is 0 Å². The van der Waals surface area contributed by atoms with Crippen molar-refractivity contribution in [3.8, 4) is 0 Å². The molecule has 1 aromatic rings. The Hall–Kier alpha value is -0.860. The van der Waals surface area contributed by atoms with E-state index in [-0.39, 0.29) is 12.6 Å². The highest BCUT2D eigenvalue weighted by Crippen LogP contribution is 2.24. The summed E-state index contributed by atoms with van der Waals surface area (Å²) in [6, 6.07) is 9.02. The molecule has 2 nitrogen and oxygen atoms in total. The summed E-state index contributed by atoms with van der Waals surface area (Å²) in [6.07, 6.45) is 0.941. The molecule has 1 aliphatic rings. The maximum Gasteiger partial charge on any atom is 0.0588 e. The van der Waals surface area contributed by atoms with Crippen LogP contribution in [-0.2, 0) is 6.42 Å². The highest BCUT2D eigenvalue weighted by molar-refractivity contribution is 5.32. The smallest absolute Gasteiger partial charge is 0.0588 e. The molecule has 0 aliphatic carbocycles. The van der Waals surface area contributed by atoms with Gasteiger partial charge in [-0.05, 0) is 24.5 Å². The summed E-state index contributed by atoms with van der Waals surface area (Å²) in [6.45, 7) is 2.36. The second-order valence-corrected chi connectivity index (χ2v) is 3.67. The van der Waals surface area contributed by atoms with E-state index in [1.54, 1.807) is 0 Å². The molecule has 1 aliphatic heterocycles. The van der Waals surface area contributed by atoms with Gasteiger partial charge in [0.2, 0.25) is 0 Å². The summed E-state index contributed by atoms with van der Waals surface area (Å²) in [5.74, 6) is 0. The van der Waals surface area contributed by atoms with Crippen LogP contribution in [0, 0.1) is 0 Å². The Labute approximate surface area is 78.6 Å². The molecule has 2 rings (SSSR count). The molecular weight excluding hydrogens is 162 g/mol. The number of benzene rings is 1. The van der Waals surface area contributed by atoms with Gasteiger partial charge in [-0.25, -0.2) is 0 Å². The molecule has 1 aromatic carbocycles. The van der Waals surface area contributed by atoms with Crippen LogP contribution in [0.2, 0.25) is 0 Å². The maximum absolute atomic E-state index is 9.07. The number of aliphatic hydroxyl groups excluding tert-OH is 1. The summed E-state index contributed by atoms with van der Waals surface area (Å²) in [4.78, 5) is 0. The van der Waals surface area contributed by atoms with Crippen molar-refractivity contribution in [3.63, 3.8) is 0 Å². The Bertz CT molecular complexity index is 298. The standard InChI is InChI=1S/C11H15NO/c1-8-11-5-3-2-4-9(11)6-10(7-13)12-8/h2-5,8,10,12-13H,6-7H2,1H3/t8-,10+/m1/s1. The first kappa shape index (κ1) is 8.73. The molecule has 0 fully saturated rings. The van der Waals surface area contributed by atoms with Crippen molar-refractivity contribution in [2.75, 3.05) is 6.61 Å². The van der Waals surface area contributed by atoms with E-state index in [0.717, 1.165) is 6.42 Å². The second kappa shape index (κ2) is 3.48. The van der Waals surface area contributed by atoms with Crippen LogP contribution < -0.4 is 5.32 Å². The van der Waals surface area contributed by atoms with Crippen molar-refractivity contribution in [2.45, 2.75) is 25.4 Å². The molecule has 13 heavy (non-hydrogen) atoms. The lowest BCUT2D eigenvalue weighted by Gasteiger charge is -2.30. The van der Waals surface area contributed by atoms with E-state index >= 15 is 0 Å². The fraction of sp³-hybridized carbons (Fsp3) is 0.455. The molecule has 0 saturated carbocycles. The van der Waals surface area contributed by atoms with Gasteiger partial charge < -0.3 is 10.4 Å². The largest absolute Gasteiger partial charge is 0.395 e. The highest BCUT2D eigenvalue weighted by atomic mass is 16.3. The van der Waals surface area contributed by atoms with E-state index in [1.807, 2.05) is 0 Å². The summed E-state index contributed by atoms with van der Waals surface area (Å²) in [5, 5.41) is 12.4. The maximum atomic E-state index is 9.07. The van der Waals surface area contributed by atoms with Crippen molar-refractivity contribution < 1.29 is 5.11 Å². The summed E-state index contributed by atoms with van der Waals surface area (Å²) in [5.41, 5.74) is 2.74. The zero-order chi connectivity index (χ0) is 9.26. The zero-order valence-electron chi connectivity index (χ0n) is 7.83. The Balaban J connectivity index is 2.31. The molecule has 0 spiro atoms. The minimum Gasteiger partial charge on any atom is -0.395 e. The monoisotopic (exact) mass is 177 g/mol. The molecule has 0 aromatic heterocycles. The van der Waals surface area contributed by atoms with Crippen LogP contribution in [0.15, 0.2) is 24.3 Å². The molecule has 0 saturated heterocycles. The van der Waals surface area contributed by atoms with E-state index in [9.17, 15) is 0 Å². The SMILES string of the molecule is C[C@H]1N[C@H](CO)Cc2ccccc21. The molecule has 1 heterocycles. The van der Waals surface area contributed by atoms with Crippen LogP contribution in [0.3, 0.4) is 0 Å². The second-order valence-electron chi connectivity index (χ2n) is 3.67. The van der Waals surface area contributed by atoms with Crippen LogP contribution in [0.5, 0.6) is 0 Å². The molecule has 0 unspecified atom stereocenters. The third-order valence-electron chi connectivity index (χ3n) is 2.69. The molecular formula is C11H15NO. The number of fused-ring (bicyclic) bond motifs is 1. The first-order valence-corrected chi connectivity index (χ1v) is 4.76. The molecule has 2 atom stereocenters. The van der Waals surface area contributed by atoms with Gasteiger partial charge >= 0.3 is 0 Å². The van der Waals surface area contributed by atoms with Gasteiger partial charge in [-0.1, -0.05) is 24.3 Å². The van der Waals surface area contributed by atoms with Crippen molar-refractivity contribution >= 4 is 0 Å². The predicted molar refractivity (Wildman–Crippen MR) is 52.6 cm³/mol. The average molecular weight is 177 g/mol. The molecule has 0 amide bonds. The molecule has 70 valence electrons. The minimum absolute atomic E-state index is 0.221. The summed E-state index contributed by atoms with van der Waals surface area (Å²) < 4.78 is 0. The fourth-order valence-electron chi connectivity index (χ4n) is 2.03. The van der Waals surface area contributed by atoms with Gasteiger partial charge in [-0.3, -0.25) is 0 Å². The lowest BCUT2D eigenvalue weighted by Crippen LogP contribution is -2.40. The number of rotatable bonds is 1. The Kier molecular flexibility index (Phi) is 2.34.